The van der Waals surface area contributed by atoms with Gasteiger partial charge in [-0.15, -0.1) is 10.2 Å². The highest BCUT2D eigenvalue weighted by Gasteiger charge is 2.21. The molecule has 2 aromatic heterocycles. The fourth-order valence-corrected chi connectivity index (χ4v) is 2.67. The number of anilines is 1. The zero-order valence-electron chi connectivity index (χ0n) is 11.3. The number of rotatable bonds is 4. The molecule has 0 atom stereocenters. The molecule has 102 valence electrons. The first-order chi connectivity index (χ1) is 9.38. The molecule has 0 aliphatic carbocycles. The highest BCUT2D eigenvalue weighted by molar-refractivity contribution is 5.63. The van der Waals surface area contributed by atoms with Crippen LogP contribution in [0.25, 0.3) is 5.65 Å². The SMILES string of the molecule is CCNCC1CCN(c2nccn3cnnc23)CC1. The Balaban J connectivity index is 1.69. The Hall–Kier alpha value is -1.69. The molecule has 19 heavy (non-hydrogen) atoms. The second-order valence-electron chi connectivity index (χ2n) is 5.05. The van der Waals surface area contributed by atoms with E-state index in [1.54, 1.807) is 6.33 Å². The van der Waals surface area contributed by atoms with Crippen molar-refractivity contribution < 1.29 is 0 Å². The first-order valence-corrected chi connectivity index (χ1v) is 6.98. The fourth-order valence-electron chi connectivity index (χ4n) is 2.67. The molecular formula is C13H20N6. The summed E-state index contributed by atoms with van der Waals surface area (Å²) in [5.41, 5.74) is 0.854. The molecule has 0 saturated carbocycles. The van der Waals surface area contributed by atoms with E-state index in [-0.39, 0.29) is 0 Å². The quantitative estimate of drug-likeness (QED) is 0.887. The van der Waals surface area contributed by atoms with Gasteiger partial charge < -0.3 is 10.2 Å². The summed E-state index contributed by atoms with van der Waals surface area (Å²) >= 11 is 0. The lowest BCUT2D eigenvalue weighted by molar-refractivity contribution is 0.385. The largest absolute Gasteiger partial charge is 0.353 e. The van der Waals surface area contributed by atoms with Gasteiger partial charge in [0.1, 0.15) is 6.33 Å². The van der Waals surface area contributed by atoms with Crippen molar-refractivity contribution in [3.63, 3.8) is 0 Å². The van der Waals surface area contributed by atoms with E-state index >= 15 is 0 Å². The van der Waals surface area contributed by atoms with Crippen LogP contribution in [0.1, 0.15) is 19.8 Å². The van der Waals surface area contributed by atoms with Crippen molar-refractivity contribution >= 4 is 11.5 Å². The van der Waals surface area contributed by atoms with E-state index in [1.807, 2.05) is 16.8 Å². The maximum atomic E-state index is 4.48. The monoisotopic (exact) mass is 260 g/mol. The molecule has 6 nitrogen and oxygen atoms in total. The molecule has 0 unspecified atom stereocenters. The van der Waals surface area contributed by atoms with Gasteiger partial charge >= 0.3 is 0 Å². The Morgan fingerprint density at radius 1 is 1.37 bits per heavy atom. The third-order valence-corrected chi connectivity index (χ3v) is 3.79. The van der Waals surface area contributed by atoms with E-state index < -0.39 is 0 Å². The van der Waals surface area contributed by atoms with Crippen LogP contribution in [0.3, 0.4) is 0 Å². The molecule has 3 rings (SSSR count). The average Bonchev–Trinajstić information content (AvgIpc) is 2.94. The topological polar surface area (TPSA) is 58.4 Å². The normalized spacial score (nSPS) is 17.2. The van der Waals surface area contributed by atoms with Crippen LogP contribution in [0.4, 0.5) is 5.82 Å². The zero-order valence-corrected chi connectivity index (χ0v) is 11.3. The van der Waals surface area contributed by atoms with Crippen LogP contribution in [0.15, 0.2) is 18.7 Å². The Labute approximate surface area is 112 Å². The second kappa shape index (κ2) is 5.52. The minimum Gasteiger partial charge on any atom is -0.353 e. The summed E-state index contributed by atoms with van der Waals surface area (Å²) in [5, 5.41) is 11.5. The molecule has 1 fully saturated rings. The molecule has 2 aromatic rings. The molecular weight excluding hydrogens is 240 g/mol. The maximum absolute atomic E-state index is 4.48. The smallest absolute Gasteiger partial charge is 0.203 e. The molecule has 6 heteroatoms. The maximum Gasteiger partial charge on any atom is 0.203 e. The molecule has 1 aliphatic rings. The van der Waals surface area contributed by atoms with Crippen LogP contribution >= 0.6 is 0 Å². The Morgan fingerprint density at radius 3 is 3.00 bits per heavy atom. The number of hydrogen-bond acceptors (Lipinski definition) is 5. The first-order valence-electron chi connectivity index (χ1n) is 6.98. The molecule has 1 saturated heterocycles. The van der Waals surface area contributed by atoms with Crippen LogP contribution < -0.4 is 10.2 Å². The van der Waals surface area contributed by atoms with Gasteiger partial charge in [0.25, 0.3) is 0 Å². The van der Waals surface area contributed by atoms with Gasteiger partial charge in [-0.3, -0.25) is 4.40 Å². The average molecular weight is 260 g/mol. The highest BCUT2D eigenvalue weighted by atomic mass is 15.3. The fraction of sp³-hybridized carbons (Fsp3) is 0.615. The minimum atomic E-state index is 0.786. The number of hydrogen-bond donors (Lipinski definition) is 1. The van der Waals surface area contributed by atoms with E-state index in [1.165, 1.54) is 12.8 Å². The minimum absolute atomic E-state index is 0.786. The lowest BCUT2D eigenvalue weighted by atomic mass is 9.97. The Bertz CT molecular complexity index is 529. The molecule has 0 spiro atoms. The molecule has 1 aliphatic heterocycles. The highest BCUT2D eigenvalue weighted by Crippen LogP contribution is 2.23. The van der Waals surface area contributed by atoms with Crippen molar-refractivity contribution in [2.75, 3.05) is 31.1 Å². The standard InChI is InChI=1S/C13H20N6/c1-2-14-9-11-3-6-18(7-4-11)12-13-17-16-10-19(13)8-5-15-12/h5,8,10-11,14H,2-4,6-7,9H2,1H3. The number of aromatic nitrogens is 4. The number of fused-ring (bicyclic) bond motifs is 1. The number of nitrogens with one attached hydrogen (secondary N) is 1. The van der Waals surface area contributed by atoms with Gasteiger partial charge in [0.15, 0.2) is 5.82 Å². The summed E-state index contributed by atoms with van der Waals surface area (Å²) in [6.45, 7) is 6.45. The summed E-state index contributed by atoms with van der Waals surface area (Å²) < 4.78 is 1.92. The van der Waals surface area contributed by atoms with Gasteiger partial charge in [-0.25, -0.2) is 4.98 Å². The predicted molar refractivity (Wildman–Crippen MR) is 74.3 cm³/mol. The van der Waals surface area contributed by atoms with Crippen molar-refractivity contribution in [3.05, 3.63) is 18.7 Å². The van der Waals surface area contributed by atoms with Gasteiger partial charge in [0, 0.05) is 25.5 Å². The predicted octanol–water partition coefficient (Wildman–Crippen LogP) is 0.950. The van der Waals surface area contributed by atoms with Gasteiger partial charge in [-0.05, 0) is 31.8 Å². The molecule has 0 aromatic carbocycles. The molecule has 0 radical (unpaired) electrons. The third-order valence-electron chi connectivity index (χ3n) is 3.79. The van der Waals surface area contributed by atoms with Crippen LogP contribution in [0, 0.1) is 5.92 Å². The van der Waals surface area contributed by atoms with Gasteiger partial charge in [0.05, 0.1) is 0 Å². The Morgan fingerprint density at radius 2 is 2.21 bits per heavy atom. The lowest BCUT2D eigenvalue weighted by Crippen LogP contribution is -2.38. The second-order valence-corrected chi connectivity index (χ2v) is 5.05. The van der Waals surface area contributed by atoms with E-state index in [2.05, 4.69) is 32.3 Å². The van der Waals surface area contributed by atoms with E-state index in [9.17, 15) is 0 Å². The lowest BCUT2D eigenvalue weighted by Gasteiger charge is -2.32. The van der Waals surface area contributed by atoms with Crippen LogP contribution in [0.2, 0.25) is 0 Å². The zero-order chi connectivity index (χ0) is 13.1. The molecule has 3 heterocycles. The number of nitrogens with zero attached hydrogens (tertiary/aromatic N) is 5. The Kier molecular flexibility index (Phi) is 3.59. The van der Waals surface area contributed by atoms with Crippen molar-refractivity contribution in [2.24, 2.45) is 5.92 Å². The van der Waals surface area contributed by atoms with E-state index in [0.29, 0.717) is 0 Å². The first kappa shape index (κ1) is 12.3. The van der Waals surface area contributed by atoms with Crippen LogP contribution in [0.5, 0.6) is 0 Å². The summed E-state index contributed by atoms with van der Waals surface area (Å²) in [7, 11) is 0. The summed E-state index contributed by atoms with van der Waals surface area (Å²) in [4.78, 5) is 6.80. The van der Waals surface area contributed by atoms with Crippen LogP contribution in [-0.2, 0) is 0 Å². The van der Waals surface area contributed by atoms with Crippen molar-refractivity contribution in [2.45, 2.75) is 19.8 Å². The third kappa shape index (κ3) is 2.53. The van der Waals surface area contributed by atoms with E-state index in [0.717, 1.165) is 43.6 Å². The summed E-state index contributed by atoms with van der Waals surface area (Å²) in [6.07, 6.45) is 7.85. The molecule has 0 bridgehead atoms. The molecule has 1 N–H and O–H groups in total. The van der Waals surface area contributed by atoms with Crippen molar-refractivity contribution in [1.82, 2.24) is 24.9 Å². The van der Waals surface area contributed by atoms with Gasteiger partial charge in [-0.2, -0.15) is 0 Å². The van der Waals surface area contributed by atoms with Crippen molar-refractivity contribution in [1.29, 1.82) is 0 Å². The van der Waals surface area contributed by atoms with Crippen LogP contribution in [-0.4, -0.2) is 45.8 Å². The molecule has 0 amide bonds. The number of piperidine rings is 1. The summed E-state index contributed by atoms with van der Waals surface area (Å²) in [5.74, 6) is 1.75. The summed E-state index contributed by atoms with van der Waals surface area (Å²) in [6, 6.07) is 0. The van der Waals surface area contributed by atoms with E-state index in [4.69, 9.17) is 0 Å². The van der Waals surface area contributed by atoms with Gasteiger partial charge in [0.2, 0.25) is 5.65 Å². The van der Waals surface area contributed by atoms with Crippen molar-refractivity contribution in [3.8, 4) is 0 Å². The van der Waals surface area contributed by atoms with Gasteiger partial charge in [-0.1, -0.05) is 6.92 Å².